The number of esters is 1. The van der Waals surface area contributed by atoms with Gasteiger partial charge in [-0.2, -0.15) is 0 Å². The molecule has 1 aromatic rings. The standard InChI is InChI=1S/C12H15F2NO2/c1-4-17-10(16)9-7-8(5-6-15-9)12(2,3)11(13)14/h5-7,11H,4H2,1-3H3. The van der Waals surface area contributed by atoms with Gasteiger partial charge in [0.05, 0.1) is 12.0 Å². The lowest BCUT2D eigenvalue weighted by atomic mass is 9.85. The monoisotopic (exact) mass is 243 g/mol. The molecule has 0 aromatic carbocycles. The van der Waals surface area contributed by atoms with Crippen LogP contribution in [0.2, 0.25) is 0 Å². The van der Waals surface area contributed by atoms with E-state index >= 15 is 0 Å². The summed E-state index contributed by atoms with van der Waals surface area (Å²) in [4.78, 5) is 15.2. The van der Waals surface area contributed by atoms with Crippen LogP contribution in [0, 0.1) is 0 Å². The van der Waals surface area contributed by atoms with Crippen LogP contribution in [0.1, 0.15) is 36.8 Å². The minimum Gasteiger partial charge on any atom is -0.461 e. The molecule has 1 heterocycles. The molecule has 0 radical (unpaired) electrons. The zero-order chi connectivity index (χ0) is 13.1. The van der Waals surface area contributed by atoms with E-state index in [-0.39, 0.29) is 12.3 Å². The summed E-state index contributed by atoms with van der Waals surface area (Å²) < 4.78 is 30.5. The first kappa shape index (κ1) is 13.5. The number of nitrogens with zero attached hydrogens (tertiary/aromatic N) is 1. The molecule has 0 aliphatic heterocycles. The van der Waals surface area contributed by atoms with Gasteiger partial charge >= 0.3 is 5.97 Å². The van der Waals surface area contributed by atoms with Crippen LogP contribution in [0.4, 0.5) is 8.78 Å². The Morgan fingerprint density at radius 2 is 2.18 bits per heavy atom. The van der Waals surface area contributed by atoms with Crippen LogP contribution >= 0.6 is 0 Å². The summed E-state index contributed by atoms with van der Waals surface area (Å²) in [5, 5.41) is 0. The number of halogens is 2. The first-order valence-corrected chi connectivity index (χ1v) is 5.31. The van der Waals surface area contributed by atoms with Crippen molar-refractivity contribution in [2.24, 2.45) is 0 Å². The van der Waals surface area contributed by atoms with Crippen LogP contribution in [-0.2, 0) is 10.2 Å². The number of rotatable bonds is 4. The topological polar surface area (TPSA) is 39.2 Å². The highest BCUT2D eigenvalue weighted by atomic mass is 19.3. The molecule has 0 fully saturated rings. The fourth-order valence-electron chi connectivity index (χ4n) is 1.27. The Kier molecular flexibility index (Phi) is 4.15. The third kappa shape index (κ3) is 2.99. The van der Waals surface area contributed by atoms with Crippen molar-refractivity contribution in [2.45, 2.75) is 32.6 Å². The van der Waals surface area contributed by atoms with E-state index in [2.05, 4.69) is 4.98 Å². The van der Waals surface area contributed by atoms with Crippen molar-refractivity contribution in [1.29, 1.82) is 0 Å². The van der Waals surface area contributed by atoms with Crippen LogP contribution in [-0.4, -0.2) is 24.0 Å². The number of pyridine rings is 1. The Bertz CT molecular complexity index is 405. The zero-order valence-corrected chi connectivity index (χ0v) is 10.0. The number of aromatic nitrogens is 1. The van der Waals surface area contributed by atoms with E-state index in [1.807, 2.05) is 0 Å². The molecule has 0 saturated heterocycles. The van der Waals surface area contributed by atoms with Gasteiger partial charge < -0.3 is 4.74 Å². The number of alkyl halides is 2. The van der Waals surface area contributed by atoms with Gasteiger partial charge in [0.2, 0.25) is 6.43 Å². The molecule has 0 atom stereocenters. The maximum Gasteiger partial charge on any atom is 0.356 e. The summed E-state index contributed by atoms with van der Waals surface area (Å²) >= 11 is 0. The smallest absolute Gasteiger partial charge is 0.356 e. The third-order valence-corrected chi connectivity index (χ3v) is 2.53. The average Bonchev–Trinajstić information content (AvgIpc) is 2.29. The van der Waals surface area contributed by atoms with E-state index in [9.17, 15) is 13.6 Å². The van der Waals surface area contributed by atoms with Crippen molar-refractivity contribution >= 4 is 5.97 Å². The number of carbonyl (C=O) groups is 1. The normalized spacial score (nSPS) is 11.6. The molecule has 0 spiro atoms. The maximum absolute atomic E-state index is 12.8. The highest BCUT2D eigenvalue weighted by molar-refractivity contribution is 5.87. The highest BCUT2D eigenvalue weighted by Gasteiger charge is 2.32. The SMILES string of the molecule is CCOC(=O)c1cc(C(C)(C)C(F)F)ccn1. The van der Waals surface area contributed by atoms with Gasteiger partial charge in [-0.1, -0.05) is 13.8 Å². The molecule has 3 nitrogen and oxygen atoms in total. The van der Waals surface area contributed by atoms with Crippen LogP contribution in [0.3, 0.4) is 0 Å². The van der Waals surface area contributed by atoms with Gasteiger partial charge in [-0.25, -0.2) is 18.6 Å². The molecule has 0 unspecified atom stereocenters. The molecule has 1 rings (SSSR count). The molecule has 0 N–H and O–H groups in total. The Hall–Kier alpha value is -1.52. The van der Waals surface area contributed by atoms with Crippen LogP contribution < -0.4 is 0 Å². The van der Waals surface area contributed by atoms with Gasteiger partial charge in [-0.05, 0) is 24.6 Å². The Balaban J connectivity index is 3.05. The van der Waals surface area contributed by atoms with Crippen LogP contribution in [0.5, 0.6) is 0 Å². The predicted octanol–water partition coefficient (Wildman–Crippen LogP) is 2.80. The second-order valence-electron chi connectivity index (χ2n) is 4.17. The molecule has 5 heteroatoms. The third-order valence-electron chi connectivity index (χ3n) is 2.53. The summed E-state index contributed by atoms with van der Waals surface area (Å²) in [7, 11) is 0. The van der Waals surface area contributed by atoms with Crippen molar-refractivity contribution in [3.8, 4) is 0 Å². The van der Waals surface area contributed by atoms with E-state index in [1.165, 1.54) is 32.2 Å². The van der Waals surface area contributed by atoms with E-state index in [0.717, 1.165) is 0 Å². The molecule has 1 aromatic heterocycles. The Morgan fingerprint density at radius 1 is 1.53 bits per heavy atom. The number of hydrogen-bond donors (Lipinski definition) is 0. The van der Waals surface area contributed by atoms with Gasteiger partial charge in [-0.15, -0.1) is 0 Å². The summed E-state index contributed by atoms with van der Waals surface area (Å²) in [6.07, 6.45) is -1.17. The van der Waals surface area contributed by atoms with E-state index in [0.29, 0.717) is 5.56 Å². The van der Waals surface area contributed by atoms with Crippen LogP contribution in [0.25, 0.3) is 0 Å². The fourth-order valence-corrected chi connectivity index (χ4v) is 1.27. The van der Waals surface area contributed by atoms with Gasteiger partial charge in [0, 0.05) is 6.20 Å². The molecular weight excluding hydrogens is 228 g/mol. The van der Waals surface area contributed by atoms with Gasteiger partial charge in [0.1, 0.15) is 5.69 Å². The second-order valence-corrected chi connectivity index (χ2v) is 4.17. The van der Waals surface area contributed by atoms with Crippen LogP contribution in [0.15, 0.2) is 18.3 Å². The number of carbonyl (C=O) groups excluding carboxylic acids is 1. The summed E-state index contributed by atoms with van der Waals surface area (Å²) in [6, 6.07) is 2.83. The van der Waals surface area contributed by atoms with Crippen molar-refractivity contribution in [1.82, 2.24) is 4.98 Å². The molecule has 0 bridgehead atoms. The zero-order valence-electron chi connectivity index (χ0n) is 10.0. The minimum atomic E-state index is -2.51. The summed E-state index contributed by atoms with van der Waals surface area (Å²) in [6.45, 7) is 4.73. The predicted molar refractivity (Wildman–Crippen MR) is 59.2 cm³/mol. The van der Waals surface area contributed by atoms with Crippen molar-refractivity contribution in [3.05, 3.63) is 29.6 Å². The molecule has 94 valence electrons. The van der Waals surface area contributed by atoms with E-state index in [4.69, 9.17) is 4.74 Å². The molecule has 0 amide bonds. The average molecular weight is 243 g/mol. The fraction of sp³-hybridized carbons (Fsp3) is 0.500. The second kappa shape index (κ2) is 5.21. The Labute approximate surface area is 98.8 Å². The van der Waals surface area contributed by atoms with Gasteiger partial charge in [0.15, 0.2) is 0 Å². The molecule has 17 heavy (non-hydrogen) atoms. The van der Waals surface area contributed by atoms with Crippen molar-refractivity contribution in [2.75, 3.05) is 6.61 Å². The lowest BCUT2D eigenvalue weighted by Gasteiger charge is -2.24. The summed E-state index contributed by atoms with van der Waals surface area (Å²) in [5.74, 6) is -0.598. The first-order chi connectivity index (χ1) is 7.89. The van der Waals surface area contributed by atoms with E-state index in [1.54, 1.807) is 6.92 Å². The highest BCUT2D eigenvalue weighted by Crippen LogP contribution is 2.30. The first-order valence-electron chi connectivity index (χ1n) is 5.31. The molecule has 0 saturated carbocycles. The van der Waals surface area contributed by atoms with Gasteiger partial charge in [-0.3, -0.25) is 0 Å². The molecular formula is C12H15F2NO2. The van der Waals surface area contributed by atoms with Crippen molar-refractivity contribution < 1.29 is 18.3 Å². The Morgan fingerprint density at radius 3 is 2.71 bits per heavy atom. The lowest BCUT2D eigenvalue weighted by Crippen LogP contribution is -2.27. The lowest BCUT2D eigenvalue weighted by molar-refractivity contribution is 0.0515. The number of hydrogen-bond acceptors (Lipinski definition) is 3. The summed E-state index contributed by atoms with van der Waals surface area (Å²) in [5.41, 5.74) is -0.895. The van der Waals surface area contributed by atoms with Crippen molar-refractivity contribution in [3.63, 3.8) is 0 Å². The molecule has 0 aliphatic carbocycles. The minimum absolute atomic E-state index is 0.0538. The molecule has 0 aliphatic rings. The number of ether oxygens (including phenoxy) is 1. The largest absolute Gasteiger partial charge is 0.461 e. The quantitative estimate of drug-likeness (QED) is 0.763. The van der Waals surface area contributed by atoms with Gasteiger partial charge in [0.25, 0.3) is 0 Å². The van der Waals surface area contributed by atoms with E-state index < -0.39 is 17.8 Å². The maximum atomic E-state index is 12.8.